The summed E-state index contributed by atoms with van der Waals surface area (Å²) in [5.41, 5.74) is 10.8. The van der Waals surface area contributed by atoms with Crippen LogP contribution in [0.15, 0.2) is 48.5 Å². The molecule has 0 aromatic heterocycles. The van der Waals surface area contributed by atoms with E-state index in [0.717, 1.165) is 11.1 Å². The lowest BCUT2D eigenvalue weighted by molar-refractivity contribution is 0.674. The topological polar surface area (TPSA) is 43.1 Å². The van der Waals surface area contributed by atoms with E-state index in [2.05, 4.69) is 32.0 Å². The maximum absolute atomic E-state index is 12.2. The molecule has 2 aromatic rings. The van der Waals surface area contributed by atoms with E-state index in [9.17, 15) is 4.21 Å². The largest absolute Gasteiger partial charge is 0.323 e. The molecular formula is C17H21NOS. The Morgan fingerprint density at radius 1 is 1.05 bits per heavy atom. The summed E-state index contributed by atoms with van der Waals surface area (Å²) >= 11 is 0. The molecule has 0 heterocycles. The summed E-state index contributed by atoms with van der Waals surface area (Å²) in [7, 11) is -0.940. The highest BCUT2D eigenvalue weighted by molar-refractivity contribution is 7.84. The Labute approximate surface area is 123 Å². The fraction of sp³-hybridized carbons (Fsp3) is 0.294. The van der Waals surface area contributed by atoms with Gasteiger partial charge in [0, 0.05) is 28.3 Å². The van der Waals surface area contributed by atoms with Crippen LogP contribution in [0.2, 0.25) is 0 Å². The molecule has 106 valence electrons. The van der Waals surface area contributed by atoms with Crippen molar-refractivity contribution in [3.63, 3.8) is 0 Å². The zero-order chi connectivity index (χ0) is 14.5. The molecule has 2 atom stereocenters. The monoisotopic (exact) mass is 287 g/mol. The van der Waals surface area contributed by atoms with Crippen LogP contribution < -0.4 is 5.73 Å². The van der Waals surface area contributed by atoms with Crippen LogP contribution in [0.3, 0.4) is 0 Å². The predicted molar refractivity (Wildman–Crippen MR) is 86.0 cm³/mol. The van der Waals surface area contributed by atoms with E-state index in [1.807, 2.05) is 30.3 Å². The minimum absolute atomic E-state index is 0.168. The second kappa shape index (κ2) is 6.82. The van der Waals surface area contributed by atoms with Crippen LogP contribution >= 0.6 is 0 Å². The molecular weight excluding hydrogens is 266 g/mol. The average Bonchev–Trinajstić information content (AvgIpc) is 2.38. The second-order valence-corrected chi connectivity index (χ2v) is 6.77. The highest BCUT2D eigenvalue weighted by Crippen LogP contribution is 2.17. The first-order chi connectivity index (χ1) is 9.54. The van der Waals surface area contributed by atoms with Crippen LogP contribution in [-0.4, -0.2) is 9.96 Å². The average molecular weight is 287 g/mol. The lowest BCUT2D eigenvalue weighted by atomic mass is 10.0. The van der Waals surface area contributed by atoms with E-state index >= 15 is 0 Å². The molecule has 2 aromatic carbocycles. The summed E-state index contributed by atoms with van der Waals surface area (Å²) in [6, 6.07) is 16.0. The van der Waals surface area contributed by atoms with Gasteiger partial charge in [0.15, 0.2) is 0 Å². The quantitative estimate of drug-likeness (QED) is 0.917. The van der Waals surface area contributed by atoms with Gasteiger partial charge in [-0.2, -0.15) is 0 Å². The fourth-order valence-corrected chi connectivity index (χ4v) is 3.61. The van der Waals surface area contributed by atoms with Gasteiger partial charge in [0.25, 0.3) is 0 Å². The van der Waals surface area contributed by atoms with Crippen molar-refractivity contribution in [1.29, 1.82) is 0 Å². The van der Waals surface area contributed by atoms with Crippen LogP contribution in [0.4, 0.5) is 0 Å². The second-order valence-electron chi connectivity index (χ2n) is 5.26. The Balaban J connectivity index is 2.00. The molecule has 0 saturated carbocycles. The Hall–Kier alpha value is -1.45. The SMILES string of the molecule is Cc1cc(C)cc(C(N)CS(=O)Cc2ccccc2)c1. The molecule has 0 aliphatic heterocycles. The van der Waals surface area contributed by atoms with E-state index in [4.69, 9.17) is 5.73 Å². The molecule has 0 bridgehead atoms. The van der Waals surface area contributed by atoms with E-state index in [0.29, 0.717) is 11.5 Å². The highest BCUT2D eigenvalue weighted by Gasteiger charge is 2.11. The smallest absolute Gasteiger partial charge is 0.0486 e. The van der Waals surface area contributed by atoms with E-state index < -0.39 is 10.8 Å². The third-order valence-corrected chi connectivity index (χ3v) is 4.59. The Kier molecular flexibility index (Phi) is 5.10. The van der Waals surface area contributed by atoms with Crippen LogP contribution in [0.5, 0.6) is 0 Å². The van der Waals surface area contributed by atoms with Crippen molar-refractivity contribution >= 4 is 10.8 Å². The van der Waals surface area contributed by atoms with Gasteiger partial charge >= 0.3 is 0 Å². The molecule has 0 radical (unpaired) electrons. The number of hydrogen-bond donors (Lipinski definition) is 1. The number of hydrogen-bond acceptors (Lipinski definition) is 2. The lowest BCUT2D eigenvalue weighted by Gasteiger charge is -2.13. The summed E-state index contributed by atoms with van der Waals surface area (Å²) in [6.45, 7) is 4.12. The summed E-state index contributed by atoms with van der Waals surface area (Å²) < 4.78 is 12.2. The Bertz CT molecular complexity index is 575. The molecule has 0 aliphatic rings. The van der Waals surface area contributed by atoms with Gasteiger partial charge < -0.3 is 5.73 Å². The van der Waals surface area contributed by atoms with E-state index in [1.165, 1.54) is 11.1 Å². The number of aryl methyl sites for hydroxylation is 2. The molecule has 0 amide bonds. The first-order valence-electron chi connectivity index (χ1n) is 6.77. The first-order valence-corrected chi connectivity index (χ1v) is 8.26. The van der Waals surface area contributed by atoms with Gasteiger partial charge in [0.05, 0.1) is 0 Å². The van der Waals surface area contributed by atoms with Crippen LogP contribution in [-0.2, 0) is 16.6 Å². The molecule has 2 N–H and O–H groups in total. The van der Waals surface area contributed by atoms with Gasteiger partial charge in [0.2, 0.25) is 0 Å². The standard InChI is InChI=1S/C17H21NOS/c1-13-8-14(2)10-16(9-13)17(18)12-20(19)11-15-6-4-3-5-7-15/h3-10,17H,11-12,18H2,1-2H3. The van der Waals surface area contributed by atoms with Gasteiger partial charge in [-0.25, -0.2) is 0 Å². The number of nitrogens with two attached hydrogens (primary N) is 1. The normalized spacial score (nSPS) is 13.9. The minimum Gasteiger partial charge on any atom is -0.323 e. The zero-order valence-electron chi connectivity index (χ0n) is 12.0. The zero-order valence-corrected chi connectivity index (χ0v) is 12.8. The van der Waals surface area contributed by atoms with E-state index in [-0.39, 0.29) is 6.04 Å². The maximum atomic E-state index is 12.2. The van der Waals surface area contributed by atoms with Crippen molar-refractivity contribution in [1.82, 2.24) is 0 Å². The van der Waals surface area contributed by atoms with Crippen LogP contribution in [0.25, 0.3) is 0 Å². The van der Waals surface area contributed by atoms with Gasteiger partial charge in [-0.15, -0.1) is 0 Å². The van der Waals surface area contributed by atoms with Crippen molar-refractivity contribution in [2.24, 2.45) is 5.73 Å². The van der Waals surface area contributed by atoms with Gasteiger partial charge in [-0.1, -0.05) is 59.7 Å². The van der Waals surface area contributed by atoms with Crippen molar-refractivity contribution in [2.45, 2.75) is 25.6 Å². The van der Waals surface area contributed by atoms with Gasteiger partial charge in [0.1, 0.15) is 0 Å². The molecule has 0 saturated heterocycles. The third kappa shape index (κ3) is 4.29. The van der Waals surface area contributed by atoms with Crippen molar-refractivity contribution in [3.05, 3.63) is 70.8 Å². The molecule has 2 rings (SSSR count). The van der Waals surface area contributed by atoms with Crippen LogP contribution in [0, 0.1) is 13.8 Å². The van der Waals surface area contributed by atoms with Crippen molar-refractivity contribution in [2.75, 3.05) is 5.75 Å². The summed E-state index contributed by atoms with van der Waals surface area (Å²) in [4.78, 5) is 0. The van der Waals surface area contributed by atoms with E-state index in [1.54, 1.807) is 0 Å². The first kappa shape index (κ1) is 14.9. The predicted octanol–water partition coefficient (Wildman–Crippen LogP) is 3.25. The summed E-state index contributed by atoms with van der Waals surface area (Å²) in [5.74, 6) is 1.07. The molecule has 20 heavy (non-hydrogen) atoms. The molecule has 0 aliphatic carbocycles. The summed E-state index contributed by atoms with van der Waals surface area (Å²) in [5, 5.41) is 0. The van der Waals surface area contributed by atoms with Crippen molar-refractivity contribution in [3.8, 4) is 0 Å². The lowest BCUT2D eigenvalue weighted by Crippen LogP contribution is -2.19. The Morgan fingerprint density at radius 2 is 1.65 bits per heavy atom. The minimum atomic E-state index is -0.940. The molecule has 0 fully saturated rings. The van der Waals surface area contributed by atoms with Crippen molar-refractivity contribution < 1.29 is 4.21 Å². The number of rotatable bonds is 5. The fourth-order valence-electron chi connectivity index (χ4n) is 2.34. The Morgan fingerprint density at radius 3 is 2.25 bits per heavy atom. The molecule has 2 unspecified atom stereocenters. The van der Waals surface area contributed by atoms with Gasteiger partial charge in [-0.05, 0) is 25.0 Å². The molecule has 2 nitrogen and oxygen atoms in total. The summed E-state index contributed by atoms with van der Waals surface area (Å²) in [6.07, 6.45) is 0. The highest BCUT2D eigenvalue weighted by atomic mass is 32.2. The third-order valence-electron chi connectivity index (χ3n) is 3.21. The maximum Gasteiger partial charge on any atom is 0.0486 e. The van der Waals surface area contributed by atoms with Crippen LogP contribution in [0.1, 0.15) is 28.3 Å². The molecule has 3 heteroatoms. The molecule has 0 spiro atoms. The number of benzene rings is 2. The van der Waals surface area contributed by atoms with Gasteiger partial charge in [-0.3, -0.25) is 4.21 Å².